The number of hydrogen-bond donors (Lipinski definition) is 0. The predicted octanol–water partition coefficient (Wildman–Crippen LogP) is 1.97. The van der Waals surface area contributed by atoms with Crippen molar-refractivity contribution in [2.75, 3.05) is 37.9 Å². The van der Waals surface area contributed by atoms with Crippen LogP contribution in [0.4, 0.5) is 5.69 Å². The summed E-state index contributed by atoms with van der Waals surface area (Å²) in [4.78, 5) is 16.3. The van der Waals surface area contributed by atoms with Crippen molar-refractivity contribution in [2.45, 2.75) is 0 Å². The summed E-state index contributed by atoms with van der Waals surface area (Å²) in [5.74, 6) is 1.92. The van der Waals surface area contributed by atoms with Crippen molar-refractivity contribution in [2.24, 2.45) is 0 Å². The fourth-order valence-electron chi connectivity index (χ4n) is 2.81. The molecule has 114 valence electrons. The van der Waals surface area contributed by atoms with E-state index in [2.05, 4.69) is 4.90 Å². The van der Waals surface area contributed by atoms with Gasteiger partial charge in [0, 0.05) is 37.9 Å². The van der Waals surface area contributed by atoms with E-state index in [0.717, 1.165) is 30.3 Å². The monoisotopic (exact) mass is 300 g/mol. The van der Waals surface area contributed by atoms with Crippen molar-refractivity contribution < 1.29 is 18.7 Å². The average Bonchev–Trinajstić information content (AvgIpc) is 3.25. The molecule has 2 aromatic rings. The second kappa shape index (κ2) is 5.29. The van der Waals surface area contributed by atoms with Crippen LogP contribution in [0.1, 0.15) is 10.6 Å². The molecule has 4 rings (SSSR count). The molecule has 0 saturated carbocycles. The van der Waals surface area contributed by atoms with E-state index in [-0.39, 0.29) is 12.7 Å². The zero-order valence-corrected chi connectivity index (χ0v) is 12.0. The Bertz CT molecular complexity index is 675. The molecular weight excluding hydrogens is 284 g/mol. The number of carbonyl (C=O) groups excluding carboxylic acids is 1. The van der Waals surface area contributed by atoms with Gasteiger partial charge in [-0.3, -0.25) is 4.79 Å². The molecule has 0 atom stereocenters. The lowest BCUT2D eigenvalue weighted by Gasteiger charge is -2.35. The van der Waals surface area contributed by atoms with Crippen molar-refractivity contribution in [3.8, 4) is 11.5 Å². The predicted molar refractivity (Wildman–Crippen MR) is 79.4 cm³/mol. The quantitative estimate of drug-likeness (QED) is 0.849. The molecule has 3 heterocycles. The molecule has 0 radical (unpaired) electrons. The number of benzene rings is 1. The Morgan fingerprint density at radius 2 is 1.82 bits per heavy atom. The Morgan fingerprint density at radius 3 is 2.59 bits per heavy atom. The van der Waals surface area contributed by atoms with Crippen LogP contribution in [-0.2, 0) is 0 Å². The highest BCUT2D eigenvalue weighted by Crippen LogP contribution is 2.35. The van der Waals surface area contributed by atoms with Gasteiger partial charge in [-0.1, -0.05) is 0 Å². The maximum absolute atomic E-state index is 12.2. The van der Waals surface area contributed by atoms with Gasteiger partial charge in [-0.15, -0.1) is 0 Å². The van der Waals surface area contributed by atoms with Crippen LogP contribution in [0.5, 0.6) is 11.5 Å². The molecule has 6 heteroatoms. The Morgan fingerprint density at radius 1 is 1.00 bits per heavy atom. The third kappa shape index (κ3) is 2.26. The molecule has 0 bridgehead atoms. The average molecular weight is 300 g/mol. The minimum absolute atomic E-state index is 0.0460. The minimum atomic E-state index is -0.0460. The van der Waals surface area contributed by atoms with E-state index in [9.17, 15) is 4.79 Å². The lowest BCUT2D eigenvalue weighted by atomic mass is 10.2. The molecule has 1 fully saturated rings. The molecule has 0 spiro atoms. The first-order valence-electron chi connectivity index (χ1n) is 7.29. The molecule has 22 heavy (non-hydrogen) atoms. The normalized spacial score (nSPS) is 16.9. The molecule has 0 N–H and O–H groups in total. The van der Waals surface area contributed by atoms with Gasteiger partial charge >= 0.3 is 0 Å². The molecule has 0 aliphatic carbocycles. The lowest BCUT2D eigenvalue weighted by Crippen LogP contribution is -2.48. The van der Waals surface area contributed by atoms with Crippen LogP contribution in [-0.4, -0.2) is 43.8 Å². The molecule has 0 unspecified atom stereocenters. The topological polar surface area (TPSA) is 55.2 Å². The molecule has 1 aromatic carbocycles. The fraction of sp³-hybridized carbons (Fsp3) is 0.312. The van der Waals surface area contributed by atoms with Gasteiger partial charge in [0.25, 0.3) is 5.91 Å². The van der Waals surface area contributed by atoms with Crippen molar-refractivity contribution in [3.63, 3.8) is 0 Å². The molecular formula is C16H16N2O4. The number of piperazine rings is 1. The molecule has 1 saturated heterocycles. The van der Waals surface area contributed by atoms with Crippen LogP contribution in [0.2, 0.25) is 0 Å². The molecule has 2 aliphatic heterocycles. The largest absolute Gasteiger partial charge is 0.459 e. The summed E-state index contributed by atoms with van der Waals surface area (Å²) < 4.78 is 15.9. The number of carbonyl (C=O) groups is 1. The SMILES string of the molecule is O=C(c1ccco1)N1CCN(c2ccc3c(c2)OCO3)CC1. The molecule has 2 aliphatic rings. The summed E-state index contributed by atoms with van der Waals surface area (Å²) in [6.07, 6.45) is 1.52. The summed E-state index contributed by atoms with van der Waals surface area (Å²) in [6.45, 7) is 3.20. The summed E-state index contributed by atoms with van der Waals surface area (Å²) >= 11 is 0. The number of hydrogen-bond acceptors (Lipinski definition) is 5. The highest BCUT2D eigenvalue weighted by molar-refractivity contribution is 5.91. The van der Waals surface area contributed by atoms with Gasteiger partial charge in [0.15, 0.2) is 17.3 Å². The van der Waals surface area contributed by atoms with E-state index >= 15 is 0 Å². The van der Waals surface area contributed by atoms with Gasteiger partial charge in [-0.2, -0.15) is 0 Å². The van der Waals surface area contributed by atoms with Crippen LogP contribution in [0, 0.1) is 0 Å². The zero-order valence-electron chi connectivity index (χ0n) is 12.0. The Hall–Kier alpha value is -2.63. The van der Waals surface area contributed by atoms with Crippen LogP contribution >= 0.6 is 0 Å². The molecule has 1 amide bonds. The van der Waals surface area contributed by atoms with E-state index in [4.69, 9.17) is 13.9 Å². The van der Waals surface area contributed by atoms with Gasteiger partial charge in [-0.25, -0.2) is 0 Å². The van der Waals surface area contributed by atoms with E-state index in [1.807, 2.05) is 23.1 Å². The first-order chi connectivity index (χ1) is 10.8. The Labute approximate surface area is 127 Å². The van der Waals surface area contributed by atoms with Crippen LogP contribution in [0.15, 0.2) is 41.0 Å². The molecule has 6 nitrogen and oxygen atoms in total. The van der Waals surface area contributed by atoms with E-state index in [1.54, 1.807) is 12.1 Å². The standard InChI is InChI=1S/C16H16N2O4/c19-16(14-2-1-9-20-14)18-7-5-17(6-8-18)12-3-4-13-15(10-12)22-11-21-13/h1-4,9-10H,5-8,11H2. The lowest BCUT2D eigenvalue weighted by molar-refractivity contribution is 0.0714. The Kier molecular flexibility index (Phi) is 3.14. The van der Waals surface area contributed by atoms with E-state index in [1.165, 1.54) is 6.26 Å². The van der Waals surface area contributed by atoms with Gasteiger partial charge in [0.05, 0.1) is 6.26 Å². The summed E-state index contributed by atoms with van der Waals surface area (Å²) in [5, 5.41) is 0. The van der Waals surface area contributed by atoms with E-state index in [0.29, 0.717) is 18.8 Å². The van der Waals surface area contributed by atoms with Crippen molar-refractivity contribution >= 4 is 11.6 Å². The first kappa shape index (κ1) is 13.1. The number of furan rings is 1. The third-order valence-corrected chi connectivity index (χ3v) is 4.02. The van der Waals surface area contributed by atoms with Crippen LogP contribution in [0.25, 0.3) is 0 Å². The highest BCUT2D eigenvalue weighted by Gasteiger charge is 2.24. The smallest absolute Gasteiger partial charge is 0.289 e. The van der Waals surface area contributed by atoms with Gasteiger partial charge in [-0.05, 0) is 24.3 Å². The van der Waals surface area contributed by atoms with Gasteiger partial charge < -0.3 is 23.7 Å². The highest BCUT2D eigenvalue weighted by atomic mass is 16.7. The number of ether oxygens (including phenoxy) is 2. The van der Waals surface area contributed by atoms with Crippen LogP contribution < -0.4 is 14.4 Å². The Balaban J connectivity index is 1.42. The summed E-state index contributed by atoms with van der Waals surface area (Å²) in [5.41, 5.74) is 1.09. The van der Waals surface area contributed by atoms with Crippen molar-refractivity contribution in [1.82, 2.24) is 4.90 Å². The maximum atomic E-state index is 12.2. The second-order valence-electron chi connectivity index (χ2n) is 5.29. The summed E-state index contributed by atoms with van der Waals surface area (Å²) in [6, 6.07) is 9.38. The number of nitrogens with zero attached hydrogens (tertiary/aromatic N) is 2. The van der Waals surface area contributed by atoms with Gasteiger partial charge in [0.2, 0.25) is 6.79 Å². The number of rotatable bonds is 2. The molecule has 1 aromatic heterocycles. The van der Waals surface area contributed by atoms with Crippen molar-refractivity contribution in [1.29, 1.82) is 0 Å². The second-order valence-corrected chi connectivity index (χ2v) is 5.29. The maximum Gasteiger partial charge on any atom is 0.289 e. The number of amides is 1. The number of fused-ring (bicyclic) bond motifs is 1. The van der Waals surface area contributed by atoms with Crippen LogP contribution in [0.3, 0.4) is 0 Å². The van der Waals surface area contributed by atoms with E-state index < -0.39 is 0 Å². The van der Waals surface area contributed by atoms with Gasteiger partial charge in [0.1, 0.15) is 0 Å². The van der Waals surface area contributed by atoms with Crippen molar-refractivity contribution in [3.05, 3.63) is 42.4 Å². The minimum Gasteiger partial charge on any atom is -0.459 e. The third-order valence-electron chi connectivity index (χ3n) is 4.02. The number of anilines is 1. The summed E-state index contributed by atoms with van der Waals surface area (Å²) in [7, 11) is 0. The fourth-order valence-corrected chi connectivity index (χ4v) is 2.81. The first-order valence-corrected chi connectivity index (χ1v) is 7.29. The zero-order chi connectivity index (χ0) is 14.9.